The third-order valence-corrected chi connectivity index (χ3v) is 2.90. The molecule has 4 nitrogen and oxygen atoms in total. The van der Waals surface area contributed by atoms with E-state index in [1.165, 1.54) is 12.3 Å². The molecule has 1 aromatic carbocycles. The van der Waals surface area contributed by atoms with E-state index in [1.807, 2.05) is 6.92 Å². The van der Waals surface area contributed by atoms with Gasteiger partial charge in [0.1, 0.15) is 5.75 Å². The van der Waals surface area contributed by atoms with E-state index in [2.05, 4.69) is 5.10 Å². The number of aryl methyl sites for hydroxylation is 1. The number of hydrogen-bond acceptors (Lipinski definition) is 3. The Morgan fingerprint density at radius 2 is 2.10 bits per heavy atom. The second-order valence-corrected chi connectivity index (χ2v) is 4.57. The van der Waals surface area contributed by atoms with Crippen molar-refractivity contribution in [1.82, 2.24) is 9.78 Å². The van der Waals surface area contributed by atoms with Crippen molar-refractivity contribution in [2.24, 2.45) is 5.73 Å². The average molecular weight is 299 g/mol. The van der Waals surface area contributed by atoms with E-state index in [1.54, 1.807) is 10.9 Å². The molecular formula is C14H16F3N3O. The fraction of sp³-hybridized carbons (Fsp3) is 0.357. The number of aromatic nitrogens is 2. The van der Waals surface area contributed by atoms with Crippen molar-refractivity contribution < 1.29 is 17.9 Å². The Morgan fingerprint density at radius 3 is 2.71 bits per heavy atom. The molecule has 2 N–H and O–H groups in total. The number of nitrogens with two attached hydrogens (primary N) is 1. The lowest BCUT2D eigenvalue weighted by Crippen LogP contribution is -2.07. The van der Waals surface area contributed by atoms with Crippen LogP contribution in [0.4, 0.5) is 13.2 Å². The van der Waals surface area contributed by atoms with Gasteiger partial charge in [-0.25, -0.2) is 0 Å². The molecule has 21 heavy (non-hydrogen) atoms. The van der Waals surface area contributed by atoms with Gasteiger partial charge in [0.2, 0.25) is 0 Å². The van der Waals surface area contributed by atoms with Gasteiger partial charge in [-0.05, 0) is 24.6 Å². The van der Waals surface area contributed by atoms with E-state index in [-0.39, 0.29) is 6.54 Å². The van der Waals surface area contributed by atoms with Gasteiger partial charge in [-0.3, -0.25) is 4.68 Å². The Labute approximate surface area is 120 Å². The summed E-state index contributed by atoms with van der Waals surface area (Å²) >= 11 is 0. The van der Waals surface area contributed by atoms with Gasteiger partial charge >= 0.3 is 6.18 Å². The number of halogens is 3. The van der Waals surface area contributed by atoms with Gasteiger partial charge in [0.05, 0.1) is 18.0 Å². The molecule has 2 rings (SSSR count). The molecule has 0 saturated carbocycles. The van der Waals surface area contributed by atoms with Crippen LogP contribution < -0.4 is 10.5 Å². The zero-order valence-corrected chi connectivity index (χ0v) is 11.5. The van der Waals surface area contributed by atoms with Gasteiger partial charge < -0.3 is 10.5 Å². The molecule has 0 unspecified atom stereocenters. The van der Waals surface area contributed by atoms with Crippen molar-refractivity contribution in [2.75, 3.05) is 0 Å². The molecular weight excluding hydrogens is 283 g/mol. The maximum absolute atomic E-state index is 12.7. The number of hydrogen-bond donors (Lipinski definition) is 1. The highest BCUT2D eigenvalue weighted by Crippen LogP contribution is 2.33. The SMILES string of the molecule is CCCn1cc(Oc2ccc(C(F)(F)F)cc2CN)cn1. The lowest BCUT2D eigenvalue weighted by molar-refractivity contribution is -0.137. The first-order chi connectivity index (χ1) is 9.94. The van der Waals surface area contributed by atoms with Crippen molar-refractivity contribution in [3.05, 3.63) is 41.7 Å². The summed E-state index contributed by atoms with van der Waals surface area (Å²) in [6, 6.07) is 3.26. The smallest absolute Gasteiger partial charge is 0.416 e. The minimum Gasteiger partial charge on any atom is -0.454 e. The van der Waals surface area contributed by atoms with Crippen LogP contribution in [-0.2, 0) is 19.3 Å². The summed E-state index contributed by atoms with van der Waals surface area (Å²) in [5.74, 6) is 0.777. The van der Waals surface area contributed by atoms with Crippen molar-refractivity contribution in [2.45, 2.75) is 32.6 Å². The molecule has 0 amide bonds. The lowest BCUT2D eigenvalue weighted by atomic mass is 10.1. The van der Waals surface area contributed by atoms with Crippen molar-refractivity contribution >= 4 is 0 Å². The first kappa shape index (κ1) is 15.4. The Balaban J connectivity index is 2.22. The van der Waals surface area contributed by atoms with E-state index >= 15 is 0 Å². The molecule has 1 aromatic heterocycles. The Morgan fingerprint density at radius 1 is 1.33 bits per heavy atom. The van der Waals surface area contributed by atoms with Crippen LogP contribution in [0.3, 0.4) is 0 Å². The first-order valence-corrected chi connectivity index (χ1v) is 6.54. The largest absolute Gasteiger partial charge is 0.454 e. The number of alkyl halides is 3. The summed E-state index contributed by atoms with van der Waals surface area (Å²) in [7, 11) is 0. The lowest BCUT2D eigenvalue weighted by Gasteiger charge is -2.12. The molecule has 0 fully saturated rings. The second-order valence-electron chi connectivity index (χ2n) is 4.57. The van der Waals surface area contributed by atoms with Gasteiger partial charge in [-0.15, -0.1) is 0 Å². The van der Waals surface area contributed by atoms with Crippen LogP contribution in [-0.4, -0.2) is 9.78 Å². The summed E-state index contributed by atoms with van der Waals surface area (Å²) in [5, 5.41) is 4.09. The molecule has 0 bridgehead atoms. The summed E-state index contributed by atoms with van der Waals surface area (Å²) in [5.41, 5.74) is 5.06. The first-order valence-electron chi connectivity index (χ1n) is 6.54. The van der Waals surface area contributed by atoms with E-state index < -0.39 is 11.7 Å². The zero-order valence-electron chi connectivity index (χ0n) is 11.5. The monoisotopic (exact) mass is 299 g/mol. The third kappa shape index (κ3) is 3.75. The normalized spacial score (nSPS) is 11.7. The Kier molecular flexibility index (Phi) is 4.52. The predicted molar refractivity (Wildman–Crippen MR) is 71.9 cm³/mol. The minimum absolute atomic E-state index is 0.0393. The van der Waals surface area contributed by atoms with Gasteiger partial charge in [-0.1, -0.05) is 6.92 Å². The van der Waals surface area contributed by atoms with Gasteiger partial charge in [0.15, 0.2) is 5.75 Å². The molecule has 7 heteroatoms. The summed E-state index contributed by atoms with van der Waals surface area (Å²) in [4.78, 5) is 0. The van der Waals surface area contributed by atoms with E-state index in [0.29, 0.717) is 17.1 Å². The van der Waals surface area contributed by atoms with Gasteiger partial charge in [0, 0.05) is 18.7 Å². The number of benzene rings is 1. The molecule has 0 aliphatic carbocycles. The molecule has 0 aliphatic rings. The molecule has 0 aliphatic heterocycles. The maximum Gasteiger partial charge on any atom is 0.416 e. The van der Waals surface area contributed by atoms with E-state index in [9.17, 15) is 13.2 Å². The molecule has 0 radical (unpaired) electrons. The molecule has 114 valence electrons. The summed E-state index contributed by atoms with van der Waals surface area (Å²) < 4.78 is 45.2. The molecule has 0 spiro atoms. The molecule has 2 aromatic rings. The van der Waals surface area contributed by atoms with Crippen LogP contribution in [0.5, 0.6) is 11.5 Å². The number of nitrogens with zero attached hydrogens (tertiary/aromatic N) is 2. The van der Waals surface area contributed by atoms with Crippen LogP contribution in [0.2, 0.25) is 0 Å². The summed E-state index contributed by atoms with van der Waals surface area (Å²) in [6.45, 7) is 2.73. The zero-order chi connectivity index (χ0) is 15.5. The van der Waals surface area contributed by atoms with E-state index in [4.69, 9.17) is 10.5 Å². The van der Waals surface area contributed by atoms with Crippen LogP contribution >= 0.6 is 0 Å². The average Bonchev–Trinajstić information content (AvgIpc) is 2.86. The van der Waals surface area contributed by atoms with E-state index in [0.717, 1.165) is 25.1 Å². The fourth-order valence-electron chi connectivity index (χ4n) is 1.89. The van der Waals surface area contributed by atoms with Gasteiger partial charge in [-0.2, -0.15) is 18.3 Å². The van der Waals surface area contributed by atoms with Crippen LogP contribution in [0.1, 0.15) is 24.5 Å². The summed E-state index contributed by atoms with van der Waals surface area (Å²) in [6.07, 6.45) is -0.251. The fourth-order valence-corrected chi connectivity index (χ4v) is 1.89. The van der Waals surface area contributed by atoms with Crippen LogP contribution in [0.15, 0.2) is 30.6 Å². The van der Waals surface area contributed by atoms with Crippen LogP contribution in [0, 0.1) is 0 Å². The van der Waals surface area contributed by atoms with Crippen LogP contribution in [0.25, 0.3) is 0 Å². The highest BCUT2D eigenvalue weighted by atomic mass is 19.4. The third-order valence-electron chi connectivity index (χ3n) is 2.90. The van der Waals surface area contributed by atoms with Crippen molar-refractivity contribution in [1.29, 1.82) is 0 Å². The standard InChI is InChI=1S/C14H16F3N3O/c1-2-5-20-9-12(8-19-20)21-13-4-3-11(14(15,16)17)6-10(13)7-18/h3-4,6,8-9H,2,5,7,18H2,1H3. The number of ether oxygens (including phenoxy) is 1. The Bertz CT molecular complexity index is 608. The van der Waals surface area contributed by atoms with Crippen molar-refractivity contribution in [3.8, 4) is 11.5 Å². The highest BCUT2D eigenvalue weighted by molar-refractivity contribution is 5.40. The molecule has 0 atom stereocenters. The molecule has 0 saturated heterocycles. The Hall–Kier alpha value is -2.02. The maximum atomic E-state index is 12.7. The van der Waals surface area contributed by atoms with Crippen molar-refractivity contribution in [3.63, 3.8) is 0 Å². The topological polar surface area (TPSA) is 53.1 Å². The quantitative estimate of drug-likeness (QED) is 0.918. The predicted octanol–water partition coefficient (Wildman–Crippen LogP) is 3.56. The van der Waals surface area contributed by atoms with Gasteiger partial charge in [0.25, 0.3) is 0 Å². The second kappa shape index (κ2) is 6.17. The number of rotatable bonds is 5. The highest BCUT2D eigenvalue weighted by Gasteiger charge is 2.31. The minimum atomic E-state index is -4.39. The molecule has 1 heterocycles.